The van der Waals surface area contributed by atoms with Gasteiger partial charge in [-0.15, -0.1) is 11.3 Å². The molecule has 142 valence electrons. The second-order valence-electron chi connectivity index (χ2n) is 7.61. The number of hydrogen-bond donors (Lipinski definition) is 2. The van der Waals surface area contributed by atoms with Gasteiger partial charge in [-0.05, 0) is 33.1 Å². The fraction of sp³-hybridized carbons (Fsp3) is 0.812. The standard InChI is InChI=1S/C16H27N3O4S2/c1-12-17-13(10-24-12)9-19-6-4-16(5-7-19)8-14(18-25(3,21)22)15(2,20)11-23-16/h10,14,18,20H,4-9,11H2,1-3H3/t14-,15-/m0/s1. The molecule has 2 aliphatic heterocycles. The lowest BCUT2D eigenvalue weighted by molar-refractivity contribution is -0.190. The smallest absolute Gasteiger partial charge is 0.209 e. The summed E-state index contributed by atoms with van der Waals surface area (Å²) >= 11 is 1.66. The first-order chi connectivity index (χ1) is 11.6. The summed E-state index contributed by atoms with van der Waals surface area (Å²) < 4.78 is 31.9. The van der Waals surface area contributed by atoms with E-state index in [0.717, 1.165) is 49.4 Å². The molecule has 3 heterocycles. The van der Waals surface area contributed by atoms with Gasteiger partial charge in [0, 0.05) is 25.0 Å². The van der Waals surface area contributed by atoms with E-state index in [0.29, 0.717) is 6.42 Å². The fourth-order valence-corrected chi connectivity index (χ4v) is 5.11. The van der Waals surface area contributed by atoms with E-state index in [1.54, 1.807) is 18.3 Å². The minimum absolute atomic E-state index is 0.144. The second kappa shape index (κ2) is 6.86. The van der Waals surface area contributed by atoms with Crippen LogP contribution in [0.1, 0.15) is 36.9 Å². The van der Waals surface area contributed by atoms with Crippen molar-refractivity contribution in [2.45, 2.75) is 56.9 Å². The molecule has 1 aromatic rings. The fourth-order valence-electron chi connectivity index (χ4n) is 3.65. The maximum absolute atomic E-state index is 11.6. The van der Waals surface area contributed by atoms with Crippen molar-refractivity contribution in [3.05, 3.63) is 16.1 Å². The van der Waals surface area contributed by atoms with Gasteiger partial charge in [-0.2, -0.15) is 0 Å². The molecule has 9 heteroatoms. The van der Waals surface area contributed by atoms with Gasteiger partial charge >= 0.3 is 0 Å². The molecule has 1 aromatic heterocycles. The molecule has 2 atom stereocenters. The minimum Gasteiger partial charge on any atom is -0.386 e. The van der Waals surface area contributed by atoms with Gasteiger partial charge in [0.25, 0.3) is 0 Å². The van der Waals surface area contributed by atoms with Gasteiger partial charge in [0.05, 0.1) is 35.2 Å². The Balaban J connectivity index is 1.62. The molecule has 0 aromatic carbocycles. The van der Waals surface area contributed by atoms with Gasteiger partial charge in [-0.3, -0.25) is 4.90 Å². The topological polar surface area (TPSA) is 91.8 Å². The number of piperidine rings is 1. The van der Waals surface area contributed by atoms with Crippen LogP contribution in [-0.4, -0.2) is 66.6 Å². The van der Waals surface area contributed by atoms with Crippen molar-refractivity contribution in [3.63, 3.8) is 0 Å². The molecule has 1 spiro atoms. The van der Waals surface area contributed by atoms with Crippen molar-refractivity contribution in [2.24, 2.45) is 0 Å². The third kappa shape index (κ3) is 4.78. The van der Waals surface area contributed by atoms with Crippen LogP contribution in [0.5, 0.6) is 0 Å². The molecule has 3 rings (SSSR count). The van der Waals surface area contributed by atoms with Crippen LogP contribution in [0.3, 0.4) is 0 Å². The molecule has 0 radical (unpaired) electrons. The Morgan fingerprint density at radius 1 is 1.48 bits per heavy atom. The maximum atomic E-state index is 11.6. The van der Waals surface area contributed by atoms with Crippen LogP contribution in [0.15, 0.2) is 5.38 Å². The first kappa shape index (κ1) is 19.2. The largest absolute Gasteiger partial charge is 0.386 e. The van der Waals surface area contributed by atoms with E-state index in [2.05, 4.69) is 20.0 Å². The lowest BCUT2D eigenvalue weighted by Gasteiger charge is -2.50. The molecular formula is C16H27N3O4S2. The predicted octanol–water partition coefficient (Wildman–Crippen LogP) is 0.875. The van der Waals surface area contributed by atoms with E-state index in [-0.39, 0.29) is 12.2 Å². The van der Waals surface area contributed by atoms with Gasteiger partial charge in [0.15, 0.2) is 0 Å². The van der Waals surface area contributed by atoms with Crippen LogP contribution >= 0.6 is 11.3 Å². The number of hydrogen-bond acceptors (Lipinski definition) is 7. The van der Waals surface area contributed by atoms with Crippen LogP contribution in [0.4, 0.5) is 0 Å². The summed E-state index contributed by atoms with van der Waals surface area (Å²) in [4.78, 5) is 6.87. The average Bonchev–Trinajstić information content (AvgIpc) is 2.90. The van der Waals surface area contributed by atoms with Gasteiger partial charge in [0.2, 0.25) is 10.0 Å². The number of aromatic nitrogens is 1. The zero-order valence-corrected chi connectivity index (χ0v) is 16.6. The molecule has 0 amide bonds. The van der Waals surface area contributed by atoms with Gasteiger partial charge in [-0.25, -0.2) is 18.1 Å². The van der Waals surface area contributed by atoms with E-state index in [4.69, 9.17) is 4.74 Å². The summed E-state index contributed by atoms with van der Waals surface area (Å²) in [5.41, 5.74) is -0.453. The van der Waals surface area contributed by atoms with Crippen molar-refractivity contribution in [3.8, 4) is 0 Å². The predicted molar refractivity (Wildman–Crippen MR) is 97.1 cm³/mol. The lowest BCUT2D eigenvalue weighted by Crippen LogP contribution is -2.63. The third-order valence-electron chi connectivity index (χ3n) is 5.17. The molecule has 0 saturated carbocycles. The molecule has 7 nitrogen and oxygen atoms in total. The Bertz CT molecular complexity index is 709. The van der Waals surface area contributed by atoms with E-state index in [1.165, 1.54) is 0 Å². The zero-order valence-electron chi connectivity index (χ0n) is 15.0. The molecule has 2 aliphatic rings. The summed E-state index contributed by atoms with van der Waals surface area (Å²) in [5, 5.41) is 13.7. The SMILES string of the molecule is Cc1nc(CN2CCC3(CC2)C[C@H](NS(C)(=O)=O)[C@@](C)(O)CO3)cs1. The molecule has 0 unspecified atom stereocenters. The molecule has 0 aliphatic carbocycles. The highest BCUT2D eigenvalue weighted by molar-refractivity contribution is 7.88. The number of aryl methyl sites for hydroxylation is 1. The third-order valence-corrected chi connectivity index (χ3v) is 6.71. The first-order valence-electron chi connectivity index (χ1n) is 8.54. The Hall–Kier alpha value is -0.580. The van der Waals surface area contributed by atoms with Crippen LogP contribution in [0, 0.1) is 6.92 Å². The Morgan fingerprint density at radius 3 is 2.72 bits per heavy atom. The van der Waals surface area contributed by atoms with Crippen LogP contribution < -0.4 is 4.72 Å². The lowest BCUT2D eigenvalue weighted by atomic mass is 9.78. The average molecular weight is 390 g/mol. The summed E-state index contributed by atoms with van der Waals surface area (Å²) in [6, 6.07) is -0.524. The summed E-state index contributed by atoms with van der Waals surface area (Å²) in [6.45, 7) is 6.38. The number of aliphatic hydroxyl groups is 1. The van der Waals surface area contributed by atoms with Crippen molar-refractivity contribution < 1.29 is 18.3 Å². The molecule has 0 bridgehead atoms. The number of likely N-dealkylation sites (tertiary alicyclic amines) is 1. The number of rotatable bonds is 4. The number of nitrogens with one attached hydrogen (secondary N) is 1. The Labute approximate surface area is 153 Å². The van der Waals surface area contributed by atoms with Crippen LogP contribution in [-0.2, 0) is 21.3 Å². The molecule has 2 fully saturated rings. The second-order valence-corrected chi connectivity index (χ2v) is 10.5. The number of ether oxygens (including phenoxy) is 1. The van der Waals surface area contributed by atoms with Gasteiger partial charge in [-0.1, -0.05) is 0 Å². The highest BCUT2D eigenvalue weighted by Gasteiger charge is 2.49. The van der Waals surface area contributed by atoms with Crippen molar-refractivity contribution in [1.82, 2.24) is 14.6 Å². The summed E-state index contributed by atoms with van der Waals surface area (Å²) in [6.07, 6.45) is 3.28. The molecule has 25 heavy (non-hydrogen) atoms. The highest BCUT2D eigenvalue weighted by atomic mass is 32.2. The normalized spacial score (nSPS) is 30.6. The molecule has 2 saturated heterocycles. The maximum Gasteiger partial charge on any atom is 0.209 e. The van der Waals surface area contributed by atoms with Crippen LogP contribution in [0.2, 0.25) is 0 Å². The van der Waals surface area contributed by atoms with Crippen LogP contribution in [0.25, 0.3) is 0 Å². The van der Waals surface area contributed by atoms with E-state index in [1.807, 2.05) is 6.92 Å². The van der Waals surface area contributed by atoms with E-state index >= 15 is 0 Å². The zero-order chi connectivity index (χ0) is 18.3. The quantitative estimate of drug-likeness (QED) is 0.794. The van der Waals surface area contributed by atoms with E-state index < -0.39 is 21.7 Å². The van der Waals surface area contributed by atoms with E-state index in [9.17, 15) is 13.5 Å². The van der Waals surface area contributed by atoms with Gasteiger partial charge < -0.3 is 9.84 Å². The van der Waals surface area contributed by atoms with Crippen molar-refractivity contribution in [1.29, 1.82) is 0 Å². The number of sulfonamides is 1. The number of thiazole rings is 1. The summed E-state index contributed by atoms with van der Waals surface area (Å²) in [5.74, 6) is 0. The van der Waals surface area contributed by atoms with Crippen molar-refractivity contribution >= 4 is 21.4 Å². The van der Waals surface area contributed by atoms with Crippen molar-refractivity contribution in [2.75, 3.05) is 26.0 Å². The molecular weight excluding hydrogens is 362 g/mol. The van der Waals surface area contributed by atoms with Gasteiger partial charge in [0.1, 0.15) is 5.60 Å². The number of nitrogens with zero attached hydrogens (tertiary/aromatic N) is 2. The monoisotopic (exact) mass is 389 g/mol. The first-order valence-corrected chi connectivity index (χ1v) is 11.3. The Morgan fingerprint density at radius 2 is 2.16 bits per heavy atom. The summed E-state index contributed by atoms with van der Waals surface area (Å²) in [7, 11) is -3.38. The molecule has 2 N–H and O–H groups in total. The highest BCUT2D eigenvalue weighted by Crippen LogP contribution is 2.38. The minimum atomic E-state index is -3.38. The Kier molecular flexibility index (Phi) is 5.27.